The normalized spacial score (nSPS) is 20.1. The average Bonchev–Trinajstić information content (AvgIpc) is 3.28. The number of esters is 1. The Labute approximate surface area is 197 Å². The standard InChI is InChI=1S/C22H27N3O6S2/c1-11-9-12(2)18(14(4)17(11)10-30-16(6)26)22(7-8-32-19(22)20(23)27)33(28,29)25-21-13(3)15(5)24-31-21/h7-9,19,25H,10H2,1-6H3,(H2,23,27). The van der Waals surface area contributed by atoms with Gasteiger partial charge in [0.2, 0.25) is 21.8 Å². The fourth-order valence-corrected chi connectivity index (χ4v) is 7.65. The predicted octanol–water partition coefficient (Wildman–Crippen LogP) is 3.03. The highest BCUT2D eigenvalue weighted by molar-refractivity contribution is 8.05. The van der Waals surface area contributed by atoms with E-state index >= 15 is 0 Å². The highest BCUT2D eigenvalue weighted by Crippen LogP contribution is 2.50. The number of aromatic nitrogens is 1. The molecule has 2 aromatic rings. The molecule has 33 heavy (non-hydrogen) atoms. The molecule has 2 heterocycles. The maximum atomic E-state index is 14.0. The second-order valence-electron chi connectivity index (χ2n) is 8.11. The predicted molar refractivity (Wildman–Crippen MR) is 126 cm³/mol. The average molecular weight is 494 g/mol. The summed E-state index contributed by atoms with van der Waals surface area (Å²) in [4.78, 5) is 23.9. The van der Waals surface area contributed by atoms with Crippen molar-refractivity contribution in [3.8, 4) is 0 Å². The highest BCUT2D eigenvalue weighted by atomic mass is 32.2. The van der Waals surface area contributed by atoms with E-state index in [1.165, 1.54) is 13.0 Å². The van der Waals surface area contributed by atoms with Crippen LogP contribution in [0.15, 0.2) is 22.1 Å². The quantitative estimate of drug-likeness (QED) is 0.561. The second kappa shape index (κ2) is 8.86. The Balaban J connectivity index is 2.30. The Morgan fingerprint density at radius 2 is 1.88 bits per heavy atom. The summed E-state index contributed by atoms with van der Waals surface area (Å²) in [7, 11) is -4.34. The first kappa shape index (κ1) is 24.8. The molecule has 11 heteroatoms. The third kappa shape index (κ3) is 4.15. The zero-order chi connectivity index (χ0) is 24.7. The SMILES string of the molecule is CC(=O)OCc1c(C)cc(C)c(C2(S(=O)(=O)Nc3onc(C)c3C)C=CSC2C(N)=O)c1C. The van der Waals surface area contributed by atoms with Gasteiger partial charge in [-0.05, 0) is 73.9 Å². The summed E-state index contributed by atoms with van der Waals surface area (Å²) in [5.74, 6) is -1.26. The topological polar surface area (TPSA) is 142 Å². The molecule has 1 aromatic carbocycles. The minimum atomic E-state index is -4.34. The summed E-state index contributed by atoms with van der Waals surface area (Å²) in [5.41, 5.74) is 9.94. The number of benzene rings is 1. The van der Waals surface area contributed by atoms with Crippen LogP contribution in [-0.2, 0) is 35.7 Å². The number of rotatable bonds is 7. The molecule has 1 aromatic heterocycles. The van der Waals surface area contributed by atoms with Crippen molar-refractivity contribution in [3.63, 3.8) is 0 Å². The van der Waals surface area contributed by atoms with Crippen LogP contribution < -0.4 is 10.5 Å². The van der Waals surface area contributed by atoms with E-state index in [1.807, 2.05) is 13.0 Å². The molecule has 178 valence electrons. The molecule has 0 saturated carbocycles. The van der Waals surface area contributed by atoms with Crippen molar-refractivity contribution in [2.75, 3.05) is 4.72 Å². The first-order valence-electron chi connectivity index (χ1n) is 10.1. The molecule has 0 bridgehead atoms. The summed E-state index contributed by atoms with van der Waals surface area (Å²) >= 11 is 1.04. The fraction of sp³-hybridized carbons (Fsp3) is 0.409. The van der Waals surface area contributed by atoms with Crippen LogP contribution in [0.4, 0.5) is 5.88 Å². The summed E-state index contributed by atoms with van der Waals surface area (Å²) in [6.45, 7) is 10.0. The van der Waals surface area contributed by atoms with Gasteiger partial charge in [0.15, 0.2) is 4.75 Å². The summed E-state index contributed by atoms with van der Waals surface area (Å²) in [6, 6.07) is 1.82. The molecular formula is C22H27N3O6S2. The van der Waals surface area contributed by atoms with E-state index in [9.17, 15) is 18.0 Å². The molecule has 0 saturated heterocycles. The monoisotopic (exact) mass is 493 g/mol. The fourth-order valence-electron chi connectivity index (χ4n) is 4.21. The minimum Gasteiger partial charge on any atom is -0.461 e. The number of hydrogen-bond acceptors (Lipinski definition) is 8. The Bertz CT molecular complexity index is 1270. The van der Waals surface area contributed by atoms with Crippen LogP contribution in [-0.4, -0.2) is 30.7 Å². The van der Waals surface area contributed by atoms with Crippen molar-refractivity contribution < 1.29 is 27.3 Å². The van der Waals surface area contributed by atoms with Gasteiger partial charge >= 0.3 is 5.97 Å². The third-order valence-electron chi connectivity index (χ3n) is 5.95. The van der Waals surface area contributed by atoms with E-state index in [0.717, 1.165) is 17.3 Å². The Hall–Kier alpha value is -2.79. The van der Waals surface area contributed by atoms with Gasteiger partial charge in [-0.2, -0.15) is 0 Å². The van der Waals surface area contributed by atoms with Crippen molar-refractivity contribution in [1.82, 2.24) is 5.16 Å². The summed E-state index contributed by atoms with van der Waals surface area (Å²) in [6.07, 6.45) is 1.48. The van der Waals surface area contributed by atoms with Crippen LogP contribution in [0.5, 0.6) is 0 Å². The van der Waals surface area contributed by atoms with Crippen molar-refractivity contribution in [3.05, 3.63) is 56.6 Å². The lowest BCUT2D eigenvalue weighted by atomic mass is 9.83. The number of thioether (sulfide) groups is 1. The molecule has 0 spiro atoms. The number of hydrogen-bond donors (Lipinski definition) is 2. The smallest absolute Gasteiger partial charge is 0.302 e. The number of aryl methyl sites for hydroxylation is 3. The number of nitrogens with zero attached hydrogens (tertiary/aromatic N) is 1. The van der Waals surface area contributed by atoms with Gasteiger partial charge in [-0.25, -0.2) is 13.1 Å². The Kier molecular flexibility index (Phi) is 6.67. The molecule has 9 nitrogen and oxygen atoms in total. The van der Waals surface area contributed by atoms with Gasteiger partial charge in [0, 0.05) is 12.5 Å². The van der Waals surface area contributed by atoms with Crippen molar-refractivity contribution >= 4 is 39.5 Å². The molecule has 1 aliphatic rings. The molecule has 2 unspecified atom stereocenters. The number of ether oxygens (including phenoxy) is 1. The lowest BCUT2D eigenvalue weighted by Gasteiger charge is -2.35. The van der Waals surface area contributed by atoms with Crippen LogP contribution in [0, 0.1) is 34.6 Å². The van der Waals surface area contributed by atoms with Crippen molar-refractivity contribution in [2.24, 2.45) is 5.73 Å². The largest absolute Gasteiger partial charge is 0.461 e. The maximum absolute atomic E-state index is 14.0. The van der Waals surface area contributed by atoms with Crippen LogP contribution in [0.25, 0.3) is 0 Å². The Morgan fingerprint density at radius 1 is 1.21 bits per heavy atom. The number of sulfonamides is 1. The Morgan fingerprint density at radius 3 is 2.42 bits per heavy atom. The molecule has 3 N–H and O–H groups in total. The van der Waals surface area contributed by atoms with Crippen LogP contribution >= 0.6 is 11.8 Å². The van der Waals surface area contributed by atoms with E-state index in [1.54, 1.807) is 33.1 Å². The highest BCUT2D eigenvalue weighted by Gasteiger charge is 2.57. The van der Waals surface area contributed by atoms with Gasteiger partial charge in [-0.3, -0.25) is 9.59 Å². The van der Waals surface area contributed by atoms with E-state index < -0.39 is 31.9 Å². The third-order valence-corrected chi connectivity index (χ3v) is 9.19. The van der Waals surface area contributed by atoms with E-state index in [2.05, 4.69) is 9.88 Å². The molecule has 0 aliphatic carbocycles. The molecule has 3 rings (SSSR count). The number of nitrogens with two attached hydrogens (primary N) is 1. The molecule has 1 aliphatic heterocycles. The number of primary amides is 1. The van der Waals surface area contributed by atoms with E-state index in [0.29, 0.717) is 33.5 Å². The molecule has 2 atom stereocenters. The van der Waals surface area contributed by atoms with Gasteiger partial charge < -0.3 is 15.0 Å². The molecule has 0 fully saturated rings. The van der Waals surface area contributed by atoms with Gasteiger partial charge in [0.1, 0.15) is 11.9 Å². The maximum Gasteiger partial charge on any atom is 0.302 e. The lowest BCUT2D eigenvalue weighted by Crippen LogP contribution is -2.51. The van der Waals surface area contributed by atoms with Crippen LogP contribution in [0.3, 0.4) is 0 Å². The van der Waals surface area contributed by atoms with Gasteiger partial charge in [0.05, 0.1) is 5.69 Å². The zero-order valence-corrected chi connectivity index (χ0v) is 20.9. The van der Waals surface area contributed by atoms with Crippen LogP contribution in [0.1, 0.15) is 46.0 Å². The van der Waals surface area contributed by atoms with E-state index in [-0.39, 0.29) is 12.5 Å². The van der Waals surface area contributed by atoms with Crippen molar-refractivity contribution in [2.45, 2.75) is 58.1 Å². The number of carbonyl (C=O) groups is 2. The molecule has 1 amide bonds. The van der Waals surface area contributed by atoms with Crippen LogP contribution in [0.2, 0.25) is 0 Å². The summed E-state index contributed by atoms with van der Waals surface area (Å²) < 4.78 is 39.1. The number of carbonyl (C=O) groups excluding carboxylic acids is 2. The first-order valence-corrected chi connectivity index (χ1v) is 12.6. The van der Waals surface area contributed by atoms with Crippen molar-refractivity contribution in [1.29, 1.82) is 0 Å². The number of amides is 1. The van der Waals surface area contributed by atoms with Gasteiger partial charge in [0.25, 0.3) is 0 Å². The number of anilines is 1. The number of nitrogens with one attached hydrogen (secondary N) is 1. The van der Waals surface area contributed by atoms with Gasteiger partial charge in [-0.1, -0.05) is 11.2 Å². The minimum absolute atomic E-state index is 0.0250. The first-order chi connectivity index (χ1) is 15.3. The molecule has 0 radical (unpaired) electrons. The second-order valence-corrected chi connectivity index (χ2v) is 11.0. The lowest BCUT2D eigenvalue weighted by molar-refractivity contribution is -0.142. The zero-order valence-electron chi connectivity index (χ0n) is 19.3. The van der Waals surface area contributed by atoms with Gasteiger partial charge in [-0.15, -0.1) is 11.8 Å². The summed E-state index contributed by atoms with van der Waals surface area (Å²) in [5, 5.41) is 4.24. The van der Waals surface area contributed by atoms with E-state index in [4.69, 9.17) is 15.0 Å². The molecular weight excluding hydrogens is 466 g/mol.